The first-order valence-electron chi connectivity index (χ1n) is 6.47. The van der Waals surface area contributed by atoms with Gasteiger partial charge in [0.2, 0.25) is 0 Å². The van der Waals surface area contributed by atoms with Crippen LogP contribution in [0, 0.1) is 21.8 Å². The van der Waals surface area contributed by atoms with Crippen molar-refractivity contribution in [2.24, 2.45) is 5.92 Å². The molecule has 5 nitrogen and oxygen atoms in total. The third-order valence-electron chi connectivity index (χ3n) is 3.68. The Morgan fingerprint density at radius 3 is 2.85 bits per heavy atom. The van der Waals surface area contributed by atoms with Crippen molar-refractivity contribution in [1.82, 2.24) is 4.90 Å². The summed E-state index contributed by atoms with van der Waals surface area (Å²) in [6.45, 7) is 3.99. The van der Waals surface area contributed by atoms with Crippen LogP contribution in [0.2, 0.25) is 0 Å². The van der Waals surface area contributed by atoms with Crippen molar-refractivity contribution >= 4 is 27.3 Å². The first-order chi connectivity index (χ1) is 9.38. The van der Waals surface area contributed by atoms with E-state index in [1.54, 1.807) is 0 Å². The fourth-order valence-electron chi connectivity index (χ4n) is 2.57. The van der Waals surface area contributed by atoms with Gasteiger partial charge in [0, 0.05) is 12.6 Å². The van der Waals surface area contributed by atoms with Gasteiger partial charge in [0.25, 0.3) is 5.69 Å². The Morgan fingerprint density at radius 1 is 1.55 bits per heavy atom. The summed E-state index contributed by atoms with van der Waals surface area (Å²) in [5.41, 5.74) is 0.140. The molecule has 1 aromatic carbocycles. The largest absolute Gasteiger partial charge is 0.376 e. The minimum Gasteiger partial charge on any atom is -0.376 e. The molecule has 1 aromatic rings. The van der Waals surface area contributed by atoms with Crippen molar-refractivity contribution in [3.05, 3.63) is 32.5 Å². The van der Waals surface area contributed by atoms with Crippen LogP contribution in [0.5, 0.6) is 0 Å². The average molecular weight is 346 g/mol. The molecule has 0 amide bonds. The number of nitrogens with one attached hydrogen (secondary N) is 1. The molecule has 0 spiro atoms. The molecule has 0 saturated carbocycles. The molecular formula is C13H17BrFN3O2. The Labute approximate surface area is 125 Å². The number of nitrogens with zero attached hydrogens (tertiary/aromatic N) is 2. The van der Waals surface area contributed by atoms with Gasteiger partial charge in [-0.15, -0.1) is 0 Å². The third-order valence-corrected chi connectivity index (χ3v) is 4.29. The van der Waals surface area contributed by atoms with E-state index in [4.69, 9.17) is 0 Å². The summed E-state index contributed by atoms with van der Waals surface area (Å²) in [4.78, 5) is 12.7. The molecule has 2 unspecified atom stereocenters. The highest BCUT2D eigenvalue weighted by Crippen LogP contribution is 2.32. The Kier molecular flexibility index (Phi) is 4.59. The lowest BCUT2D eigenvalue weighted by molar-refractivity contribution is -0.384. The molecule has 0 aliphatic carbocycles. The summed E-state index contributed by atoms with van der Waals surface area (Å²) < 4.78 is 13.7. The first kappa shape index (κ1) is 15.2. The van der Waals surface area contributed by atoms with E-state index in [9.17, 15) is 14.5 Å². The lowest BCUT2D eigenvalue weighted by Crippen LogP contribution is -2.43. The van der Waals surface area contributed by atoms with E-state index in [0.29, 0.717) is 11.6 Å². The quantitative estimate of drug-likeness (QED) is 0.674. The van der Waals surface area contributed by atoms with Crippen LogP contribution < -0.4 is 5.32 Å². The van der Waals surface area contributed by atoms with Crippen LogP contribution in [0.3, 0.4) is 0 Å². The van der Waals surface area contributed by atoms with Crippen LogP contribution in [0.1, 0.15) is 13.3 Å². The second kappa shape index (κ2) is 6.05. The van der Waals surface area contributed by atoms with Gasteiger partial charge in [-0.25, -0.2) is 4.39 Å². The van der Waals surface area contributed by atoms with Gasteiger partial charge >= 0.3 is 0 Å². The molecule has 110 valence electrons. The molecule has 1 heterocycles. The van der Waals surface area contributed by atoms with E-state index in [1.807, 2.05) is 0 Å². The lowest BCUT2D eigenvalue weighted by Gasteiger charge is -2.35. The Morgan fingerprint density at radius 2 is 2.25 bits per heavy atom. The van der Waals surface area contributed by atoms with E-state index in [2.05, 4.69) is 40.1 Å². The van der Waals surface area contributed by atoms with Crippen LogP contribution >= 0.6 is 15.9 Å². The normalized spacial score (nSPS) is 23.6. The zero-order valence-corrected chi connectivity index (χ0v) is 13.0. The van der Waals surface area contributed by atoms with Crippen molar-refractivity contribution in [2.45, 2.75) is 19.4 Å². The van der Waals surface area contributed by atoms with E-state index in [0.717, 1.165) is 25.6 Å². The number of halogens is 2. The van der Waals surface area contributed by atoms with Crippen LogP contribution in [0.4, 0.5) is 15.8 Å². The zero-order chi connectivity index (χ0) is 14.9. The van der Waals surface area contributed by atoms with Gasteiger partial charge in [-0.1, -0.05) is 6.92 Å². The molecule has 1 N–H and O–H groups in total. The number of anilines is 1. The van der Waals surface area contributed by atoms with Crippen molar-refractivity contribution in [2.75, 3.05) is 25.5 Å². The first-order valence-corrected chi connectivity index (χ1v) is 7.26. The number of nitro benzene ring substituents is 1. The van der Waals surface area contributed by atoms with Gasteiger partial charge in [0.15, 0.2) is 0 Å². The Balaban J connectivity index is 2.24. The minimum atomic E-state index is -0.626. The van der Waals surface area contributed by atoms with E-state index < -0.39 is 10.7 Å². The number of piperidine rings is 1. The van der Waals surface area contributed by atoms with Gasteiger partial charge < -0.3 is 10.2 Å². The number of likely N-dealkylation sites (tertiary alicyclic amines) is 1. The van der Waals surface area contributed by atoms with Crippen molar-refractivity contribution < 1.29 is 9.31 Å². The summed E-state index contributed by atoms with van der Waals surface area (Å²) in [5, 5.41) is 14.2. The maximum Gasteiger partial charge on any atom is 0.295 e. The molecule has 2 atom stereocenters. The minimum absolute atomic E-state index is 0.155. The number of rotatable bonds is 3. The number of hydrogen-bond donors (Lipinski definition) is 1. The standard InChI is InChI=1S/C13H17BrFN3O2/c1-8-7-17(2)4-3-11(8)16-12-5-9(14)10(15)6-13(12)18(19)20/h5-6,8,11,16H,3-4,7H2,1-2H3. The smallest absolute Gasteiger partial charge is 0.295 e. The molecule has 0 bridgehead atoms. The van der Waals surface area contributed by atoms with Crippen molar-refractivity contribution in [3.63, 3.8) is 0 Å². The van der Waals surface area contributed by atoms with Crippen LogP contribution in [-0.2, 0) is 0 Å². The highest BCUT2D eigenvalue weighted by atomic mass is 79.9. The van der Waals surface area contributed by atoms with Gasteiger partial charge in [0.1, 0.15) is 11.5 Å². The molecule has 1 saturated heterocycles. The van der Waals surface area contributed by atoms with Gasteiger partial charge in [-0.3, -0.25) is 10.1 Å². The predicted octanol–water partition coefficient (Wildman–Crippen LogP) is 3.25. The van der Waals surface area contributed by atoms with Gasteiger partial charge in [0.05, 0.1) is 15.5 Å². The molecular weight excluding hydrogens is 329 g/mol. The summed E-state index contributed by atoms with van der Waals surface area (Å²) in [6.07, 6.45) is 0.907. The Hall–Kier alpha value is -1.21. The fourth-order valence-corrected chi connectivity index (χ4v) is 2.91. The highest BCUT2D eigenvalue weighted by molar-refractivity contribution is 9.10. The van der Waals surface area contributed by atoms with Crippen LogP contribution in [0.15, 0.2) is 16.6 Å². The predicted molar refractivity (Wildman–Crippen MR) is 79.4 cm³/mol. The molecule has 2 rings (SSSR count). The number of nitro groups is 1. The van der Waals surface area contributed by atoms with Crippen molar-refractivity contribution in [1.29, 1.82) is 0 Å². The molecule has 1 aliphatic rings. The second-order valence-electron chi connectivity index (χ2n) is 5.32. The van der Waals surface area contributed by atoms with Gasteiger partial charge in [-0.2, -0.15) is 0 Å². The van der Waals surface area contributed by atoms with Crippen LogP contribution in [-0.4, -0.2) is 36.0 Å². The lowest BCUT2D eigenvalue weighted by atomic mass is 9.94. The summed E-state index contributed by atoms with van der Waals surface area (Å²) >= 11 is 3.07. The molecule has 7 heteroatoms. The van der Waals surface area contributed by atoms with E-state index in [1.165, 1.54) is 6.07 Å². The highest BCUT2D eigenvalue weighted by Gasteiger charge is 2.27. The summed E-state index contributed by atoms with van der Waals surface area (Å²) in [6, 6.07) is 2.55. The number of benzene rings is 1. The maximum absolute atomic E-state index is 13.4. The SMILES string of the molecule is CC1CN(C)CCC1Nc1cc(Br)c(F)cc1[N+](=O)[O-]. The van der Waals surface area contributed by atoms with E-state index >= 15 is 0 Å². The molecule has 1 fully saturated rings. The Bertz CT molecular complexity index is 527. The molecule has 0 aromatic heterocycles. The summed E-state index contributed by atoms with van der Waals surface area (Å²) in [7, 11) is 2.06. The topological polar surface area (TPSA) is 58.4 Å². The average Bonchev–Trinajstić information content (AvgIpc) is 2.36. The zero-order valence-electron chi connectivity index (χ0n) is 11.4. The van der Waals surface area contributed by atoms with Crippen molar-refractivity contribution in [3.8, 4) is 0 Å². The number of hydrogen-bond acceptors (Lipinski definition) is 4. The van der Waals surface area contributed by atoms with E-state index in [-0.39, 0.29) is 16.2 Å². The molecule has 1 aliphatic heterocycles. The third kappa shape index (κ3) is 3.27. The monoisotopic (exact) mass is 345 g/mol. The second-order valence-corrected chi connectivity index (χ2v) is 6.17. The maximum atomic E-state index is 13.4. The van der Waals surface area contributed by atoms with Crippen LogP contribution in [0.25, 0.3) is 0 Å². The fraction of sp³-hybridized carbons (Fsp3) is 0.538. The summed E-state index contributed by atoms with van der Waals surface area (Å²) in [5.74, 6) is -0.254. The molecule has 0 radical (unpaired) electrons. The van der Waals surface area contributed by atoms with Gasteiger partial charge in [-0.05, 0) is 47.9 Å². The molecule has 20 heavy (non-hydrogen) atoms.